The Kier molecular flexibility index (Phi) is 3.18. The molecule has 3 rings (SSSR count). The molecule has 0 unspecified atom stereocenters. The van der Waals surface area contributed by atoms with Gasteiger partial charge in [-0.3, -0.25) is 0 Å². The van der Waals surface area contributed by atoms with Crippen molar-refractivity contribution >= 4 is 17.1 Å². The van der Waals surface area contributed by atoms with E-state index in [0.717, 1.165) is 27.4 Å². The summed E-state index contributed by atoms with van der Waals surface area (Å²) in [7, 11) is 0. The molecule has 0 fully saturated rings. The SMILES string of the molecule is Cc1cn2ccccc2c1OCc1ccccc1Cl. The first-order valence-corrected chi connectivity index (χ1v) is 6.56. The Morgan fingerprint density at radius 1 is 1.11 bits per heavy atom. The minimum absolute atomic E-state index is 0.481. The van der Waals surface area contributed by atoms with Crippen LogP contribution in [0.2, 0.25) is 5.02 Å². The van der Waals surface area contributed by atoms with Crippen molar-refractivity contribution in [3.63, 3.8) is 0 Å². The van der Waals surface area contributed by atoms with Gasteiger partial charge in [0.05, 0.1) is 5.52 Å². The minimum Gasteiger partial charge on any atom is -0.486 e. The van der Waals surface area contributed by atoms with Gasteiger partial charge in [0.2, 0.25) is 0 Å². The van der Waals surface area contributed by atoms with E-state index in [4.69, 9.17) is 16.3 Å². The zero-order valence-corrected chi connectivity index (χ0v) is 11.4. The van der Waals surface area contributed by atoms with Gasteiger partial charge in [0.15, 0.2) is 0 Å². The second kappa shape index (κ2) is 4.98. The van der Waals surface area contributed by atoms with E-state index in [1.165, 1.54) is 0 Å². The highest BCUT2D eigenvalue weighted by atomic mass is 35.5. The predicted octanol–water partition coefficient (Wildman–Crippen LogP) is 4.48. The minimum atomic E-state index is 0.481. The normalized spacial score (nSPS) is 10.8. The van der Waals surface area contributed by atoms with Gasteiger partial charge in [-0.25, -0.2) is 0 Å². The fraction of sp³-hybridized carbons (Fsp3) is 0.125. The molecule has 0 N–H and O–H groups in total. The van der Waals surface area contributed by atoms with Crippen molar-refractivity contribution in [2.24, 2.45) is 0 Å². The molecule has 3 heteroatoms. The summed E-state index contributed by atoms with van der Waals surface area (Å²) >= 11 is 6.14. The summed E-state index contributed by atoms with van der Waals surface area (Å²) in [6.45, 7) is 2.53. The van der Waals surface area contributed by atoms with Crippen molar-refractivity contribution in [1.29, 1.82) is 0 Å². The Balaban J connectivity index is 1.90. The smallest absolute Gasteiger partial charge is 0.148 e. The summed E-state index contributed by atoms with van der Waals surface area (Å²) in [6, 6.07) is 13.8. The lowest BCUT2D eigenvalue weighted by Gasteiger charge is -2.08. The van der Waals surface area contributed by atoms with Gasteiger partial charge in [-0.05, 0) is 25.1 Å². The van der Waals surface area contributed by atoms with Crippen molar-refractivity contribution in [3.05, 3.63) is 71.0 Å². The predicted molar refractivity (Wildman–Crippen MR) is 77.9 cm³/mol. The van der Waals surface area contributed by atoms with Crippen LogP contribution in [0.25, 0.3) is 5.52 Å². The molecule has 2 aromatic heterocycles. The van der Waals surface area contributed by atoms with Gasteiger partial charge in [-0.2, -0.15) is 0 Å². The first-order valence-electron chi connectivity index (χ1n) is 6.18. The first kappa shape index (κ1) is 12.1. The maximum atomic E-state index is 6.14. The van der Waals surface area contributed by atoms with Crippen LogP contribution < -0.4 is 4.74 Å². The number of fused-ring (bicyclic) bond motifs is 1. The molecule has 0 bridgehead atoms. The van der Waals surface area contributed by atoms with Crippen LogP contribution in [0.15, 0.2) is 54.9 Å². The monoisotopic (exact) mass is 271 g/mol. The third kappa shape index (κ3) is 2.32. The van der Waals surface area contributed by atoms with E-state index in [2.05, 4.69) is 23.6 Å². The number of ether oxygens (including phenoxy) is 1. The molecule has 3 aromatic rings. The Morgan fingerprint density at radius 3 is 2.74 bits per heavy atom. The molecular formula is C16H14ClNO. The Bertz CT molecular complexity index is 718. The highest BCUT2D eigenvalue weighted by molar-refractivity contribution is 6.31. The van der Waals surface area contributed by atoms with Crippen LogP contribution in [0.3, 0.4) is 0 Å². The average Bonchev–Trinajstić information content (AvgIpc) is 2.74. The number of rotatable bonds is 3. The fourth-order valence-electron chi connectivity index (χ4n) is 2.18. The van der Waals surface area contributed by atoms with E-state index < -0.39 is 0 Å². The molecule has 0 spiro atoms. The van der Waals surface area contributed by atoms with E-state index in [1.54, 1.807) is 0 Å². The standard InChI is InChI=1S/C16H14ClNO/c1-12-10-18-9-5-4-8-15(18)16(12)19-11-13-6-2-3-7-14(13)17/h2-10H,11H2,1H3. The average molecular weight is 272 g/mol. The quantitative estimate of drug-likeness (QED) is 0.685. The second-order valence-electron chi connectivity index (χ2n) is 4.51. The van der Waals surface area contributed by atoms with Crippen LogP contribution >= 0.6 is 11.6 Å². The molecule has 0 saturated heterocycles. The number of hydrogen-bond acceptors (Lipinski definition) is 1. The van der Waals surface area contributed by atoms with Crippen LogP contribution in [-0.2, 0) is 6.61 Å². The van der Waals surface area contributed by atoms with Gasteiger partial charge in [0.1, 0.15) is 12.4 Å². The lowest BCUT2D eigenvalue weighted by molar-refractivity contribution is 0.308. The zero-order valence-electron chi connectivity index (χ0n) is 10.6. The number of nitrogens with zero attached hydrogens (tertiary/aromatic N) is 1. The van der Waals surface area contributed by atoms with Crippen molar-refractivity contribution in [1.82, 2.24) is 4.40 Å². The molecule has 0 saturated carbocycles. The van der Waals surface area contributed by atoms with Gasteiger partial charge in [0.25, 0.3) is 0 Å². The fourth-order valence-corrected chi connectivity index (χ4v) is 2.37. The highest BCUT2D eigenvalue weighted by Crippen LogP contribution is 2.28. The molecule has 19 heavy (non-hydrogen) atoms. The third-order valence-electron chi connectivity index (χ3n) is 3.14. The van der Waals surface area contributed by atoms with Gasteiger partial charge < -0.3 is 9.14 Å². The van der Waals surface area contributed by atoms with Crippen LogP contribution in [0, 0.1) is 6.92 Å². The van der Waals surface area contributed by atoms with Crippen LogP contribution in [0.4, 0.5) is 0 Å². The summed E-state index contributed by atoms with van der Waals surface area (Å²) < 4.78 is 8.02. The molecule has 0 atom stereocenters. The second-order valence-corrected chi connectivity index (χ2v) is 4.92. The molecule has 0 amide bonds. The molecule has 0 aliphatic carbocycles. The summed E-state index contributed by atoms with van der Waals surface area (Å²) in [5.41, 5.74) is 3.20. The number of aryl methyl sites for hydroxylation is 1. The van der Waals surface area contributed by atoms with E-state index in [9.17, 15) is 0 Å². The maximum absolute atomic E-state index is 6.14. The number of benzene rings is 1. The Morgan fingerprint density at radius 2 is 1.89 bits per heavy atom. The Labute approximate surface area is 117 Å². The lowest BCUT2D eigenvalue weighted by Crippen LogP contribution is -1.96. The summed E-state index contributed by atoms with van der Waals surface area (Å²) in [4.78, 5) is 0. The largest absolute Gasteiger partial charge is 0.486 e. The van der Waals surface area contributed by atoms with Gasteiger partial charge in [0, 0.05) is 28.5 Å². The molecule has 0 aliphatic rings. The summed E-state index contributed by atoms with van der Waals surface area (Å²) in [5.74, 6) is 0.917. The molecule has 96 valence electrons. The van der Waals surface area contributed by atoms with E-state index in [0.29, 0.717) is 6.61 Å². The van der Waals surface area contributed by atoms with Gasteiger partial charge >= 0.3 is 0 Å². The number of pyridine rings is 1. The molecule has 2 heterocycles. The van der Waals surface area contributed by atoms with E-state index >= 15 is 0 Å². The van der Waals surface area contributed by atoms with Crippen LogP contribution in [0.1, 0.15) is 11.1 Å². The number of hydrogen-bond donors (Lipinski definition) is 0. The highest BCUT2D eigenvalue weighted by Gasteiger charge is 2.09. The lowest BCUT2D eigenvalue weighted by atomic mass is 10.2. The van der Waals surface area contributed by atoms with Crippen LogP contribution in [-0.4, -0.2) is 4.40 Å². The van der Waals surface area contributed by atoms with Crippen LogP contribution in [0.5, 0.6) is 5.75 Å². The maximum Gasteiger partial charge on any atom is 0.148 e. The van der Waals surface area contributed by atoms with Crippen molar-refractivity contribution < 1.29 is 4.74 Å². The van der Waals surface area contributed by atoms with Crippen molar-refractivity contribution in [2.75, 3.05) is 0 Å². The van der Waals surface area contributed by atoms with Crippen molar-refractivity contribution in [3.8, 4) is 5.75 Å². The molecule has 0 radical (unpaired) electrons. The van der Waals surface area contributed by atoms with Crippen molar-refractivity contribution in [2.45, 2.75) is 13.5 Å². The zero-order chi connectivity index (χ0) is 13.2. The molecule has 0 aliphatic heterocycles. The third-order valence-corrected chi connectivity index (χ3v) is 3.51. The summed E-state index contributed by atoms with van der Waals surface area (Å²) in [5, 5.41) is 0.740. The van der Waals surface area contributed by atoms with Gasteiger partial charge in [-0.15, -0.1) is 0 Å². The molecule has 1 aromatic carbocycles. The topological polar surface area (TPSA) is 13.6 Å². The van der Waals surface area contributed by atoms with E-state index in [-0.39, 0.29) is 0 Å². The number of halogens is 1. The molecular weight excluding hydrogens is 258 g/mol. The van der Waals surface area contributed by atoms with Gasteiger partial charge in [-0.1, -0.05) is 35.9 Å². The number of aromatic nitrogens is 1. The first-order chi connectivity index (χ1) is 9.25. The van der Waals surface area contributed by atoms with E-state index in [1.807, 2.05) is 42.6 Å². The Hall–Kier alpha value is -1.93. The summed E-state index contributed by atoms with van der Waals surface area (Å²) in [6.07, 6.45) is 4.09. The molecule has 2 nitrogen and oxygen atoms in total.